The number of rotatable bonds is 5. The molecule has 0 spiro atoms. The molecule has 7 heteroatoms. The summed E-state index contributed by atoms with van der Waals surface area (Å²) in [6.45, 7) is 9.05. The molecule has 2 rings (SSSR count). The molecule has 1 fully saturated rings. The molecule has 0 radical (unpaired) electrons. The number of Topliss-reactive ketones (excluding diaryl/α,β-unsaturated/α-hetero) is 1. The molecule has 1 heterocycles. The van der Waals surface area contributed by atoms with Crippen LogP contribution in [0.5, 0.6) is 0 Å². The first-order chi connectivity index (χ1) is 12.7. The number of ketones is 1. The van der Waals surface area contributed by atoms with E-state index in [2.05, 4.69) is 10.2 Å². The summed E-state index contributed by atoms with van der Waals surface area (Å²) in [5.41, 5.74) is 0.308. The first-order valence-electron chi connectivity index (χ1n) is 9.26. The summed E-state index contributed by atoms with van der Waals surface area (Å²) in [7, 11) is 0. The predicted octanol–water partition coefficient (Wildman–Crippen LogP) is 2.83. The van der Waals surface area contributed by atoms with Crippen molar-refractivity contribution >= 4 is 11.7 Å². The van der Waals surface area contributed by atoms with E-state index >= 15 is 0 Å². The van der Waals surface area contributed by atoms with E-state index in [4.69, 9.17) is 10.7 Å². The SMILES string of the molecule is CC(C)(C)N(CCN1CCC(C(=O)c2ccc(F)cc2)CC1)C(=N)NC#N. The zero-order valence-electron chi connectivity index (χ0n) is 16.3. The summed E-state index contributed by atoms with van der Waals surface area (Å²) in [5.74, 6) is -0.164. The molecule has 0 saturated carbocycles. The van der Waals surface area contributed by atoms with E-state index < -0.39 is 0 Å². The van der Waals surface area contributed by atoms with E-state index in [9.17, 15) is 9.18 Å². The zero-order chi connectivity index (χ0) is 20.0. The lowest BCUT2D eigenvalue weighted by molar-refractivity contribution is 0.0828. The summed E-state index contributed by atoms with van der Waals surface area (Å²) in [4.78, 5) is 16.7. The molecule has 27 heavy (non-hydrogen) atoms. The number of guanidine groups is 1. The van der Waals surface area contributed by atoms with Crippen molar-refractivity contribution in [2.24, 2.45) is 5.92 Å². The van der Waals surface area contributed by atoms with Gasteiger partial charge in [-0.15, -0.1) is 0 Å². The van der Waals surface area contributed by atoms with Gasteiger partial charge in [0, 0.05) is 30.1 Å². The number of nitrogens with zero attached hydrogens (tertiary/aromatic N) is 3. The third-order valence-electron chi connectivity index (χ3n) is 4.98. The molecule has 146 valence electrons. The van der Waals surface area contributed by atoms with Gasteiger partial charge in [0.15, 0.2) is 12.0 Å². The Kier molecular flexibility index (Phi) is 6.92. The highest BCUT2D eigenvalue weighted by Gasteiger charge is 2.28. The molecular weight excluding hydrogens is 345 g/mol. The average Bonchev–Trinajstić information content (AvgIpc) is 2.61. The third kappa shape index (κ3) is 5.76. The molecule has 0 bridgehead atoms. The second-order valence-electron chi connectivity index (χ2n) is 7.89. The van der Waals surface area contributed by atoms with Crippen LogP contribution < -0.4 is 5.32 Å². The van der Waals surface area contributed by atoms with Crippen molar-refractivity contribution in [2.45, 2.75) is 39.2 Å². The Balaban J connectivity index is 1.86. The van der Waals surface area contributed by atoms with Crippen LogP contribution in [0.15, 0.2) is 24.3 Å². The third-order valence-corrected chi connectivity index (χ3v) is 4.98. The fraction of sp³-hybridized carbons (Fsp3) is 0.550. The van der Waals surface area contributed by atoms with Crippen molar-refractivity contribution < 1.29 is 9.18 Å². The van der Waals surface area contributed by atoms with Gasteiger partial charge in [0.05, 0.1) is 0 Å². The maximum Gasteiger partial charge on any atom is 0.204 e. The lowest BCUT2D eigenvalue weighted by atomic mass is 9.89. The minimum atomic E-state index is -0.332. The Morgan fingerprint density at radius 2 is 1.93 bits per heavy atom. The number of likely N-dealkylation sites (tertiary alicyclic amines) is 1. The summed E-state index contributed by atoms with van der Waals surface area (Å²) in [6.07, 6.45) is 3.36. The van der Waals surface area contributed by atoms with Crippen LogP contribution in [-0.4, -0.2) is 53.3 Å². The van der Waals surface area contributed by atoms with Gasteiger partial charge in [-0.3, -0.25) is 15.5 Å². The van der Waals surface area contributed by atoms with Gasteiger partial charge in [-0.2, -0.15) is 5.26 Å². The lowest BCUT2D eigenvalue weighted by Crippen LogP contribution is -2.53. The van der Waals surface area contributed by atoms with Gasteiger partial charge >= 0.3 is 0 Å². The van der Waals surface area contributed by atoms with Crippen LogP contribution in [0.25, 0.3) is 0 Å². The highest BCUT2D eigenvalue weighted by molar-refractivity contribution is 5.97. The number of nitrogens with one attached hydrogen (secondary N) is 2. The van der Waals surface area contributed by atoms with Gasteiger partial charge in [0.1, 0.15) is 5.82 Å². The minimum absolute atomic E-state index is 0.0241. The van der Waals surface area contributed by atoms with Gasteiger partial charge in [0.25, 0.3) is 0 Å². The van der Waals surface area contributed by atoms with E-state index in [1.807, 2.05) is 25.7 Å². The van der Waals surface area contributed by atoms with Crippen LogP contribution >= 0.6 is 0 Å². The number of hydrogen-bond donors (Lipinski definition) is 2. The quantitative estimate of drug-likeness (QED) is 0.273. The number of nitriles is 1. The maximum atomic E-state index is 13.0. The topological polar surface area (TPSA) is 83.2 Å². The average molecular weight is 373 g/mol. The van der Waals surface area contributed by atoms with Crippen molar-refractivity contribution in [3.8, 4) is 6.19 Å². The smallest absolute Gasteiger partial charge is 0.204 e. The first kappa shape index (κ1) is 20.8. The highest BCUT2D eigenvalue weighted by atomic mass is 19.1. The van der Waals surface area contributed by atoms with Crippen LogP contribution in [0.4, 0.5) is 4.39 Å². The van der Waals surface area contributed by atoms with Gasteiger partial charge < -0.3 is 9.80 Å². The van der Waals surface area contributed by atoms with Crippen molar-refractivity contribution in [2.75, 3.05) is 26.2 Å². The van der Waals surface area contributed by atoms with E-state index in [1.165, 1.54) is 12.1 Å². The first-order valence-corrected chi connectivity index (χ1v) is 9.26. The molecule has 0 aromatic heterocycles. The van der Waals surface area contributed by atoms with Crippen LogP contribution in [-0.2, 0) is 0 Å². The van der Waals surface area contributed by atoms with Crippen LogP contribution in [0.1, 0.15) is 44.0 Å². The zero-order valence-corrected chi connectivity index (χ0v) is 16.3. The molecule has 1 saturated heterocycles. The van der Waals surface area contributed by atoms with E-state index in [-0.39, 0.29) is 29.0 Å². The van der Waals surface area contributed by atoms with Crippen LogP contribution in [0, 0.1) is 28.6 Å². The standard InChI is InChI=1S/C20H28FN5O/c1-20(2,3)26(19(23)24-14-22)13-12-25-10-8-16(9-11-25)18(27)15-4-6-17(21)7-5-15/h4-7,16H,8-13H2,1-3H3,(H2,23,24). The van der Waals surface area contributed by atoms with Crippen molar-refractivity contribution in [3.63, 3.8) is 0 Å². The summed E-state index contributed by atoms with van der Waals surface area (Å²) >= 11 is 0. The summed E-state index contributed by atoms with van der Waals surface area (Å²) in [5, 5.41) is 19.2. The molecule has 6 nitrogen and oxygen atoms in total. The highest BCUT2D eigenvalue weighted by Crippen LogP contribution is 2.22. The van der Waals surface area contributed by atoms with Gasteiger partial charge in [0.2, 0.25) is 5.96 Å². The van der Waals surface area contributed by atoms with E-state index in [0.29, 0.717) is 12.1 Å². The molecule has 0 aliphatic carbocycles. The number of benzene rings is 1. The number of carbonyl (C=O) groups excluding carboxylic acids is 1. The lowest BCUT2D eigenvalue weighted by Gasteiger charge is -2.39. The molecule has 1 aliphatic heterocycles. The normalized spacial score (nSPS) is 15.8. The summed E-state index contributed by atoms with van der Waals surface area (Å²) in [6, 6.07) is 5.76. The molecule has 0 amide bonds. The molecule has 1 aromatic rings. The fourth-order valence-corrected chi connectivity index (χ4v) is 3.41. The molecule has 0 atom stereocenters. The molecular formula is C20H28FN5O. The number of carbonyl (C=O) groups is 1. The van der Waals surface area contributed by atoms with Crippen LogP contribution in [0.2, 0.25) is 0 Å². The van der Waals surface area contributed by atoms with Crippen molar-refractivity contribution in [1.29, 1.82) is 10.7 Å². The Labute approximate surface area is 160 Å². The Morgan fingerprint density at radius 3 is 2.44 bits per heavy atom. The monoisotopic (exact) mass is 373 g/mol. The Hall–Kier alpha value is -2.46. The Morgan fingerprint density at radius 1 is 1.33 bits per heavy atom. The van der Waals surface area contributed by atoms with Gasteiger partial charge in [-0.1, -0.05) is 0 Å². The fourth-order valence-electron chi connectivity index (χ4n) is 3.41. The van der Waals surface area contributed by atoms with Gasteiger partial charge in [-0.25, -0.2) is 4.39 Å². The van der Waals surface area contributed by atoms with Crippen molar-refractivity contribution in [1.82, 2.24) is 15.1 Å². The second-order valence-corrected chi connectivity index (χ2v) is 7.89. The predicted molar refractivity (Wildman–Crippen MR) is 103 cm³/mol. The molecule has 1 aliphatic rings. The largest absolute Gasteiger partial charge is 0.336 e. The number of piperidine rings is 1. The van der Waals surface area contributed by atoms with E-state index in [1.54, 1.807) is 18.3 Å². The summed E-state index contributed by atoms with van der Waals surface area (Å²) < 4.78 is 13.0. The number of hydrogen-bond acceptors (Lipinski definition) is 4. The maximum absolute atomic E-state index is 13.0. The van der Waals surface area contributed by atoms with E-state index in [0.717, 1.165) is 32.5 Å². The van der Waals surface area contributed by atoms with Crippen LogP contribution in [0.3, 0.4) is 0 Å². The van der Waals surface area contributed by atoms with Gasteiger partial charge in [-0.05, 0) is 71.0 Å². The number of halogens is 1. The second kappa shape index (κ2) is 8.96. The Bertz CT molecular complexity index is 697. The minimum Gasteiger partial charge on any atom is -0.336 e. The molecule has 1 aromatic carbocycles. The molecule has 0 unspecified atom stereocenters. The molecule has 2 N–H and O–H groups in total. The van der Waals surface area contributed by atoms with Crippen molar-refractivity contribution in [3.05, 3.63) is 35.6 Å².